The monoisotopic (exact) mass is 303 g/mol. The highest BCUT2D eigenvalue weighted by Crippen LogP contribution is 2.16. The number of halogens is 1. The first-order chi connectivity index (χ1) is 10.1. The zero-order valence-electron chi connectivity index (χ0n) is 12.1. The van der Waals surface area contributed by atoms with Gasteiger partial charge in [0.1, 0.15) is 5.75 Å². The van der Waals surface area contributed by atoms with Gasteiger partial charge in [-0.15, -0.1) is 0 Å². The maximum absolute atomic E-state index is 12.0. The van der Waals surface area contributed by atoms with Gasteiger partial charge >= 0.3 is 0 Å². The van der Waals surface area contributed by atoms with Gasteiger partial charge in [-0.3, -0.25) is 4.79 Å². The van der Waals surface area contributed by atoms with Crippen LogP contribution in [0.4, 0.5) is 0 Å². The number of carbonyl (C=O) groups excluding carboxylic acids is 1. The minimum Gasteiger partial charge on any atom is -0.481 e. The third-order valence-electron chi connectivity index (χ3n) is 3.08. The lowest BCUT2D eigenvalue weighted by Crippen LogP contribution is -2.35. The second kappa shape index (κ2) is 7.14. The summed E-state index contributed by atoms with van der Waals surface area (Å²) in [5.41, 5.74) is 1.98. The van der Waals surface area contributed by atoms with Gasteiger partial charge in [-0.2, -0.15) is 0 Å². The topological polar surface area (TPSA) is 38.3 Å². The average Bonchev–Trinajstić information content (AvgIpc) is 2.46. The molecule has 110 valence electrons. The molecular weight excluding hydrogens is 286 g/mol. The Morgan fingerprint density at radius 3 is 2.71 bits per heavy atom. The van der Waals surface area contributed by atoms with Crippen LogP contribution in [-0.2, 0) is 11.3 Å². The second-order valence-electron chi connectivity index (χ2n) is 4.89. The summed E-state index contributed by atoms with van der Waals surface area (Å²) in [6.45, 7) is 4.10. The van der Waals surface area contributed by atoms with E-state index in [9.17, 15) is 4.79 Å². The highest BCUT2D eigenvalue weighted by molar-refractivity contribution is 6.31. The highest BCUT2D eigenvalue weighted by Gasteiger charge is 2.14. The molecule has 0 aliphatic rings. The third kappa shape index (κ3) is 4.50. The summed E-state index contributed by atoms with van der Waals surface area (Å²) in [4.78, 5) is 12.0. The number of benzene rings is 2. The molecule has 1 amide bonds. The van der Waals surface area contributed by atoms with E-state index in [4.69, 9.17) is 16.3 Å². The summed E-state index contributed by atoms with van der Waals surface area (Å²) in [7, 11) is 0. The molecule has 0 unspecified atom stereocenters. The fraction of sp³-hybridized carbons (Fsp3) is 0.235. The van der Waals surface area contributed by atoms with Crippen LogP contribution < -0.4 is 10.1 Å². The van der Waals surface area contributed by atoms with Gasteiger partial charge in [-0.25, -0.2) is 0 Å². The molecule has 0 spiro atoms. The Hall–Kier alpha value is -2.00. The van der Waals surface area contributed by atoms with Crippen LogP contribution in [0.15, 0.2) is 48.5 Å². The van der Waals surface area contributed by atoms with Crippen LogP contribution >= 0.6 is 11.6 Å². The second-order valence-corrected chi connectivity index (χ2v) is 5.29. The van der Waals surface area contributed by atoms with Crippen LogP contribution in [0.1, 0.15) is 18.1 Å². The standard InChI is InChI=1S/C17H18ClNO2/c1-12-6-5-8-15(10-12)21-13(2)17(20)19-11-14-7-3-4-9-16(14)18/h3-10,13H,11H2,1-2H3,(H,19,20)/t13-/m1/s1. The molecule has 3 nitrogen and oxygen atoms in total. The molecular formula is C17H18ClNO2. The first-order valence-electron chi connectivity index (χ1n) is 6.80. The van der Waals surface area contributed by atoms with Crippen molar-refractivity contribution >= 4 is 17.5 Å². The van der Waals surface area contributed by atoms with E-state index in [1.165, 1.54) is 0 Å². The molecule has 2 aromatic rings. The van der Waals surface area contributed by atoms with Crippen molar-refractivity contribution in [3.8, 4) is 5.75 Å². The summed E-state index contributed by atoms with van der Waals surface area (Å²) in [6.07, 6.45) is -0.561. The lowest BCUT2D eigenvalue weighted by Gasteiger charge is -2.15. The van der Waals surface area contributed by atoms with Crippen LogP contribution in [0.3, 0.4) is 0 Å². The van der Waals surface area contributed by atoms with E-state index in [0.717, 1.165) is 11.1 Å². The molecule has 2 rings (SSSR count). The van der Waals surface area contributed by atoms with Gasteiger partial charge in [0.2, 0.25) is 0 Å². The Kier molecular flexibility index (Phi) is 5.23. The summed E-state index contributed by atoms with van der Waals surface area (Å²) in [5.74, 6) is 0.520. The van der Waals surface area contributed by atoms with Gasteiger partial charge in [0.05, 0.1) is 0 Å². The number of hydrogen-bond donors (Lipinski definition) is 1. The molecule has 0 radical (unpaired) electrons. The molecule has 21 heavy (non-hydrogen) atoms. The number of amides is 1. The molecule has 0 heterocycles. The zero-order valence-corrected chi connectivity index (χ0v) is 12.9. The van der Waals surface area contributed by atoms with Crippen LogP contribution in [0, 0.1) is 6.92 Å². The predicted molar refractivity (Wildman–Crippen MR) is 84.6 cm³/mol. The molecule has 0 aromatic heterocycles. The number of hydrogen-bond acceptors (Lipinski definition) is 2. The van der Waals surface area contributed by atoms with Crippen molar-refractivity contribution < 1.29 is 9.53 Å². The fourth-order valence-electron chi connectivity index (χ4n) is 1.91. The molecule has 0 saturated carbocycles. The Morgan fingerprint density at radius 2 is 2.00 bits per heavy atom. The first-order valence-corrected chi connectivity index (χ1v) is 7.18. The van der Waals surface area contributed by atoms with E-state index < -0.39 is 6.10 Å². The van der Waals surface area contributed by atoms with Crippen molar-refractivity contribution in [3.63, 3.8) is 0 Å². The van der Waals surface area contributed by atoms with Crippen LogP contribution in [0.5, 0.6) is 5.75 Å². The molecule has 0 saturated heterocycles. The van der Waals surface area contributed by atoms with Crippen molar-refractivity contribution in [1.29, 1.82) is 0 Å². The van der Waals surface area contributed by atoms with Gasteiger partial charge in [0.25, 0.3) is 5.91 Å². The van der Waals surface area contributed by atoms with Crippen molar-refractivity contribution in [2.45, 2.75) is 26.5 Å². The Labute approximate surface area is 129 Å². The fourth-order valence-corrected chi connectivity index (χ4v) is 2.12. The van der Waals surface area contributed by atoms with Crippen molar-refractivity contribution in [2.75, 3.05) is 0 Å². The van der Waals surface area contributed by atoms with Gasteiger partial charge in [0.15, 0.2) is 6.10 Å². The molecule has 2 aromatic carbocycles. The molecule has 1 N–H and O–H groups in total. The van der Waals surface area contributed by atoms with Gasteiger partial charge < -0.3 is 10.1 Å². The molecule has 0 bridgehead atoms. The summed E-state index contributed by atoms with van der Waals surface area (Å²) < 4.78 is 5.63. The van der Waals surface area contributed by atoms with Crippen LogP contribution in [0.2, 0.25) is 5.02 Å². The molecule has 1 atom stereocenters. The summed E-state index contributed by atoms with van der Waals surface area (Å²) in [6, 6.07) is 15.1. The smallest absolute Gasteiger partial charge is 0.261 e. The lowest BCUT2D eigenvalue weighted by atomic mass is 10.2. The molecule has 4 heteroatoms. The maximum Gasteiger partial charge on any atom is 0.261 e. The lowest BCUT2D eigenvalue weighted by molar-refractivity contribution is -0.127. The third-order valence-corrected chi connectivity index (χ3v) is 3.45. The summed E-state index contributed by atoms with van der Waals surface area (Å²) in [5, 5.41) is 3.47. The maximum atomic E-state index is 12.0. The van der Waals surface area contributed by atoms with Gasteiger partial charge in [-0.1, -0.05) is 41.9 Å². The number of carbonyl (C=O) groups is 1. The first kappa shape index (κ1) is 15.4. The predicted octanol–water partition coefficient (Wildman–Crippen LogP) is 3.73. The Morgan fingerprint density at radius 1 is 1.24 bits per heavy atom. The largest absolute Gasteiger partial charge is 0.481 e. The van der Waals surface area contributed by atoms with E-state index in [2.05, 4.69) is 5.32 Å². The van der Waals surface area contributed by atoms with E-state index in [1.54, 1.807) is 13.0 Å². The van der Waals surface area contributed by atoms with Crippen molar-refractivity contribution in [3.05, 3.63) is 64.7 Å². The van der Waals surface area contributed by atoms with Crippen LogP contribution in [-0.4, -0.2) is 12.0 Å². The Balaban J connectivity index is 1.90. The highest BCUT2D eigenvalue weighted by atomic mass is 35.5. The Bertz CT molecular complexity index is 628. The average molecular weight is 304 g/mol. The quantitative estimate of drug-likeness (QED) is 0.914. The minimum absolute atomic E-state index is 0.170. The number of rotatable bonds is 5. The van der Waals surface area contributed by atoms with Gasteiger partial charge in [0, 0.05) is 11.6 Å². The number of ether oxygens (including phenoxy) is 1. The zero-order chi connectivity index (χ0) is 15.2. The minimum atomic E-state index is -0.561. The van der Waals surface area contributed by atoms with Crippen LogP contribution in [0.25, 0.3) is 0 Å². The van der Waals surface area contributed by atoms with E-state index in [-0.39, 0.29) is 5.91 Å². The van der Waals surface area contributed by atoms with E-state index >= 15 is 0 Å². The van der Waals surface area contributed by atoms with E-state index in [0.29, 0.717) is 17.3 Å². The SMILES string of the molecule is Cc1cccc(O[C@H](C)C(=O)NCc2ccccc2Cl)c1. The van der Waals surface area contributed by atoms with Crippen molar-refractivity contribution in [1.82, 2.24) is 5.32 Å². The molecule has 0 fully saturated rings. The summed E-state index contributed by atoms with van der Waals surface area (Å²) >= 11 is 6.05. The van der Waals surface area contributed by atoms with E-state index in [1.807, 2.05) is 49.4 Å². The normalized spacial score (nSPS) is 11.8. The number of aryl methyl sites for hydroxylation is 1. The molecule has 0 aliphatic heterocycles. The van der Waals surface area contributed by atoms with Gasteiger partial charge in [-0.05, 0) is 43.2 Å². The van der Waals surface area contributed by atoms with Crippen molar-refractivity contribution in [2.24, 2.45) is 0 Å². The molecule has 0 aliphatic carbocycles. The number of nitrogens with one attached hydrogen (secondary N) is 1.